The number of hydrogen-bond donors (Lipinski definition) is 1. The fourth-order valence-corrected chi connectivity index (χ4v) is 2.15. The summed E-state index contributed by atoms with van der Waals surface area (Å²) in [7, 11) is 4.19. The van der Waals surface area contributed by atoms with E-state index in [-0.39, 0.29) is 5.54 Å². The molecule has 0 heterocycles. The van der Waals surface area contributed by atoms with Crippen LogP contribution in [0.1, 0.15) is 44.7 Å². The van der Waals surface area contributed by atoms with Crippen LogP contribution in [0.5, 0.6) is 0 Å². The molecule has 0 aliphatic heterocycles. The highest BCUT2D eigenvalue weighted by atomic mass is 15.1. The highest BCUT2D eigenvalue weighted by Crippen LogP contribution is 2.25. The van der Waals surface area contributed by atoms with Gasteiger partial charge >= 0.3 is 0 Å². The van der Waals surface area contributed by atoms with Crippen molar-refractivity contribution in [1.29, 1.82) is 0 Å². The van der Waals surface area contributed by atoms with Crippen LogP contribution in [0.4, 0.5) is 5.69 Å². The topological polar surface area (TPSA) is 15.3 Å². The first-order valence-electron chi connectivity index (χ1n) is 6.77. The molecule has 0 bridgehead atoms. The summed E-state index contributed by atoms with van der Waals surface area (Å²) in [5.74, 6) is 0.579. The van der Waals surface area contributed by atoms with Crippen molar-refractivity contribution in [3.05, 3.63) is 29.3 Å². The highest BCUT2D eigenvalue weighted by Gasteiger charge is 2.18. The van der Waals surface area contributed by atoms with Gasteiger partial charge in [-0.3, -0.25) is 0 Å². The zero-order valence-corrected chi connectivity index (χ0v) is 13.0. The quantitative estimate of drug-likeness (QED) is 0.857. The maximum atomic E-state index is 3.36. The minimum Gasteiger partial charge on any atom is -0.373 e. The fourth-order valence-electron chi connectivity index (χ4n) is 2.15. The summed E-state index contributed by atoms with van der Waals surface area (Å²) in [5.41, 5.74) is 4.21. The molecule has 0 amide bonds. The second-order valence-electron chi connectivity index (χ2n) is 6.19. The predicted molar refractivity (Wildman–Crippen MR) is 81.7 cm³/mol. The van der Waals surface area contributed by atoms with Crippen LogP contribution >= 0.6 is 0 Å². The largest absolute Gasteiger partial charge is 0.373 e. The molecule has 1 aromatic carbocycles. The van der Waals surface area contributed by atoms with Crippen LogP contribution in [0, 0.1) is 6.92 Å². The molecule has 0 saturated carbocycles. The third-order valence-corrected chi connectivity index (χ3v) is 3.62. The standard InChI is InChI=1S/C16H28N2/c1-12(2)14-9-8-13(3)15(10-14)18(7)11-16(4,5)17-6/h8-10,12,17H,11H2,1-7H3. The summed E-state index contributed by atoms with van der Waals surface area (Å²) in [6.07, 6.45) is 0. The normalized spacial score (nSPS) is 12.0. The summed E-state index contributed by atoms with van der Waals surface area (Å²) in [6, 6.07) is 6.79. The molecule has 0 radical (unpaired) electrons. The van der Waals surface area contributed by atoms with Crippen LogP contribution in [-0.4, -0.2) is 26.2 Å². The first-order chi connectivity index (χ1) is 8.26. The van der Waals surface area contributed by atoms with Crippen LogP contribution < -0.4 is 10.2 Å². The van der Waals surface area contributed by atoms with Gasteiger partial charge in [0.2, 0.25) is 0 Å². The second kappa shape index (κ2) is 5.75. The Morgan fingerprint density at radius 1 is 1.28 bits per heavy atom. The molecule has 0 aliphatic rings. The van der Waals surface area contributed by atoms with E-state index in [1.807, 2.05) is 7.05 Å². The van der Waals surface area contributed by atoms with E-state index in [1.54, 1.807) is 0 Å². The van der Waals surface area contributed by atoms with E-state index in [0.717, 1.165) is 6.54 Å². The Morgan fingerprint density at radius 3 is 2.39 bits per heavy atom. The minimum atomic E-state index is 0.120. The van der Waals surface area contributed by atoms with E-state index >= 15 is 0 Å². The Hall–Kier alpha value is -1.02. The summed E-state index contributed by atoms with van der Waals surface area (Å²) in [5, 5.41) is 3.36. The molecule has 18 heavy (non-hydrogen) atoms. The maximum Gasteiger partial charge on any atom is 0.0396 e. The van der Waals surface area contributed by atoms with Crippen molar-refractivity contribution in [2.75, 3.05) is 25.5 Å². The fraction of sp³-hybridized carbons (Fsp3) is 0.625. The number of aryl methyl sites for hydroxylation is 1. The van der Waals surface area contributed by atoms with E-state index in [0.29, 0.717) is 5.92 Å². The lowest BCUT2D eigenvalue weighted by molar-refractivity contribution is 0.428. The molecule has 1 aromatic rings. The van der Waals surface area contributed by atoms with E-state index in [1.165, 1.54) is 16.8 Å². The van der Waals surface area contributed by atoms with Gasteiger partial charge in [-0.2, -0.15) is 0 Å². The smallest absolute Gasteiger partial charge is 0.0396 e. The second-order valence-corrected chi connectivity index (χ2v) is 6.19. The van der Waals surface area contributed by atoms with Gasteiger partial charge in [-0.25, -0.2) is 0 Å². The molecule has 0 aromatic heterocycles. The van der Waals surface area contributed by atoms with Gasteiger partial charge in [0.25, 0.3) is 0 Å². The van der Waals surface area contributed by atoms with Crippen LogP contribution in [0.3, 0.4) is 0 Å². The molecule has 1 rings (SSSR count). The molecule has 2 heteroatoms. The average molecular weight is 248 g/mol. The van der Waals surface area contributed by atoms with Crippen molar-refractivity contribution < 1.29 is 0 Å². The van der Waals surface area contributed by atoms with E-state index in [9.17, 15) is 0 Å². The Labute approximate surface area is 112 Å². The van der Waals surface area contributed by atoms with Gasteiger partial charge in [-0.1, -0.05) is 26.0 Å². The van der Waals surface area contributed by atoms with Crippen LogP contribution in [0.2, 0.25) is 0 Å². The molecule has 0 fully saturated rings. The van der Waals surface area contributed by atoms with Gasteiger partial charge in [-0.05, 0) is 50.9 Å². The summed E-state index contributed by atoms with van der Waals surface area (Å²) in [6.45, 7) is 12.1. The number of nitrogens with zero attached hydrogens (tertiary/aromatic N) is 1. The van der Waals surface area contributed by atoms with Gasteiger partial charge in [0.1, 0.15) is 0 Å². The number of benzene rings is 1. The van der Waals surface area contributed by atoms with Crippen LogP contribution in [0.25, 0.3) is 0 Å². The van der Waals surface area contributed by atoms with Crippen LogP contribution in [-0.2, 0) is 0 Å². The molecule has 2 nitrogen and oxygen atoms in total. The van der Waals surface area contributed by atoms with E-state index in [4.69, 9.17) is 0 Å². The van der Waals surface area contributed by atoms with Crippen molar-refractivity contribution in [2.45, 2.75) is 46.1 Å². The average Bonchev–Trinajstić information content (AvgIpc) is 2.28. The molecule has 0 unspecified atom stereocenters. The first-order valence-corrected chi connectivity index (χ1v) is 6.77. The van der Waals surface area contributed by atoms with Crippen molar-refractivity contribution in [3.8, 4) is 0 Å². The predicted octanol–water partition coefficient (Wildman–Crippen LogP) is 3.55. The number of likely N-dealkylation sites (N-methyl/N-ethyl adjacent to an activating group) is 2. The van der Waals surface area contributed by atoms with Gasteiger partial charge < -0.3 is 10.2 Å². The lowest BCUT2D eigenvalue weighted by Gasteiger charge is -2.32. The van der Waals surface area contributed by atoms with Gasteiger partial charge in [-0.15, -0.1) is 0 Å². The summed E-state index contributed by atoms with van der Waals surface area (Å²) >= 11 is 0. The van der Waals surface area contributed by atoms with Gasteiger partial charge in [0.05, 0.1) is 0 Å². The molecule has 0 atom stereocenters. The Kier molecular flexibility index (Phi) is 4.80. The molecule has 0 spiro atoms. The monoisotopic (exact) mass is 248 g/mol. The molecular formula is C16H28N2. The Bertz CT molecular complexity index is 394. The van der Waals surface area contributed by atoms with Crippen LogP contribution in [0.15, 0.2) is 18.2 Å². The highest BCUT2D eigenvalue weighted by molar-refractivity contribution is 5.55. The van der Waals surface area contributed by atoms with E-state index < -0.39 is 0 Å². The molecule has 0 aliphatic carbocycles. The number of rotatable bonds is 5. The zero-order chi connectivity index (χ0) is 13.9. The third kappa shape index (κ3) is 3.74. The molecule has 102 valence electrons. The summed E-state index contributed by atoms with van der Waals surface area (Å²) in [4.78, 5) is 2.34. The van der Waals surface area contributed by atoms with Crippen molar-refractivity contribution in [1.82, 2.24) is 5.32 Å². The Morgan fingerprint density at radius 2 is 1.89 bits per heavy atom. The maximum absolute atomic E-state index is 3.36. The van der Waals surface area contributed by atoms with Crippen molar-refractivity contribution in [3.63, 3.8) is 0 Å². The number of hydrogen-bond acceptors (Lipinski definition) is 2. The number of nitrogens with one attached hydrogen (secondary N) is 1. The van der Waals surface area contributed by atoms with E-state index in [2.05, 4.69) is 70.1 Å². The first kappa shape index (κ1) is 15.0. The van der Waals surface area contributed by atoms with Gasteiger partial charge in [0, 0.05) is 24.8 Å². The SMILES string of the molecule is CNC(C)(C)CN(C)c1cc(C(C)C)ccc1C. The third-order valence-electron chi connectivity index (χ3n) is 3.62. The van der Waals surface area contributed by atoms with Crippen molar-refractivity contribution in [2.24, 2.45) is 0 Å². The summed E-state index contributed by atoms with van der Waals surface area (Å²) < 4.78 is 0. The molecule has 1 N–H and O–H groups in total. The lowest BCUT2D eigenvalue weighted by Crippen LogP contribution is -2.46. The molecule has 0 saturated heterocycles. The van der Waals surface area contributed by atoms with Gasteiger partial charge in [0.15, 0.2) is 0 Å². The van der Waals surface area contributed by atoms with Crippen molar-refractivity contribution >= 4 is 5.69 Å². The molecular weight excluding hydrogens is 220 g/mol. The lowest BCUT2D eigenvalue weighted by atomic mass is 9.99. The zero-order valence-electron chi connectivity index (χ0n) is 13.0. The number of anilines is 1. The minimum absolute atomic E-state index is 0.120. The Balaban J connectivity index is 2.97.